The van der Waals surface area contributed by atoms with Crippen LogP contribution >= 0.6 is 0 Å². The first-order valence-corrected chi connectivity index (χ1v) is 4.28. The molecule has 0 bridgehead atoms. The minimum absolute atomic E-state index is 0.437. The van der Waals surface area contributed by atoms with Crippen molar-refractivity contribution >= 4 is 5.97 Å². The van der Waals surface area contributed by atoms with Crippen molar-refractivity contribution in [3.8, 4) is 11.5 Å². The van der Waals surface area contributed by atoms with E-state index in [1.165, 1.54) is 0 Å². The van der Waals surface area contributed by atoms with Crippen LogP contribution in [-0.4, -0.2) is 19.2 Å². The largest absolute Gasteiger partial charge is 0.546 e. The number of ether oxygens (including phenoxy) is 2. The maximum atomic E-state index is 10.1. The number of rotatable bonds is 5. The zero-order chi connectivity index (χ0) is 10.4. The summed E-state index contributed by atoms with van der Waals surface area (Å²) in [7, 11) is 0. The van der Waals surface area contributed by atoms with Gasteiger partial charge in [-0.15, -0.1) is 0 Å². The molecule has 4 nitrogen and oxygen atoms in total. The summed E-state index contributed by atoms with van der Waals surface area (Å²) in [6, 6.07) is 6.73. The lowest BCUT2D eigenvalue weighted by Gasteiger charge is -2.07. The molecule has 0 aromatic heterocycles. The van der Waals surface area contributed by atoms with Gasteiger partial charge in [-0.2, -0.15) is 0 Å². The van der Waals surface area contributed by atoms with Gasteiger partial charge in [0.15, 0.2) is 0 Å². The number of hydrogen-bond donors (Lipinski definition) is 0. The Hall–Kier alpha value is -1.71. The quantitative estimate of drug-likeness (QED) is 0.674. The van der Waals surface area contributed by atoms with Crippen LogP contribution in [0.3, 0.4) is 0 Å². The third kappa shape index (κ3) is 3.35. The minimum atomic E-state index is -1.24. The third-order valence-corrected chi connectivity index (χ3v) is 1.49. The van der Waals surface area contributed by atoms with E-state index in [0.717, 1.165) is 5.75 Å². The highest BCUT2D eigenvalue weighted by Crippen LogP contribution is 2.17. The molecule has 14 heavy (non-hydrogen) atoms. The summed E-state index contributed by atoms with van der Waals surface area (Å²) in [5.74, 6) is -0.0233. The number of carbonyl (C=O) groups excluding carboxylic acids is 1. The Kier molecular flexibility index (Phi) is 3.79. The summed E-state index contributed by atoms with van der Waals surface area (Å²) in [5.41, 5.74) is 0. The number of hydrogen-bond acceptors (Lipinski definition) is 4. The van der Waals surface area contributed by atoms with Crippen molar-refractivity contribution in [1.82, 2.24) is 0 Å². The van der Waals surface area contributed by atoms with Crippen LogP contribution in [0.25, 0.3) is 0 Å². The SMILES string of the molecule is CCOc1ccc(OCC(=O)[O-])cc1. The Morgan fingerprint density at radius 2 is 1.71 bits per heavy atom. The molecule has 0 unspecified atom stereocenters. The second-order valence-corrected chi connectivity index (χ2v) is 2.57. The molecular weight excluding hydrogens is 184 g/mol. The van der Waals surface area contributed by atoms with Crippen molar-refractivity contribution in [1.29, 1.82) is 0 Å². The maximum absolute atomic E-state index is 10.1. The molecule has 0 aliphatic carbocycles. The summed E-state index contributed by atoms with van der Waals surface area (Å²) >= 11 is 0. The monoisotopic (exact) mass is 195 g/mol. The van der Waals surface area contributed by atoms with Crippen LogP contribution in [0.5, 0.6) is 11.5 Å². The molecule has 76 valence electrons. The van der Waals surface area contributed by atoms with Crippen molar-refractivity contribution < 1.29 is 19.4 Å². The van der Waals surface area contributed by atoms with Crippen LogP contribution in [0.2, 0.25) is 0 Å². The van der Waals surface area contributed by atoms with Crippen LogP contribution in [0.1, 0.15) is 6.92 Å². The van der Waals surface area contributed by atoms with E-state index < -0.39 is 12.6 Å². The second kappa shape index (κ2) is 5.11. The van der Waals surface area contributed by atoms with Crippen molar-refractivity contribution in [2.45, 2.75) is 6.92 Å². The van der Waals surface area contributed by atoms with Crippen molar-refractivity contribution in [2.75, 3.05) is 13.2 Å². The first kappa shape index (κ1) is 10.4. The average Bonchev–Trinajstić information content (AvgIpc) is 2.17. The Bertz CT molecular complexity index is 291. The van der Waals surface area contributed by atoms with E-state index in [2.05, 4.69) is 0 Å². The standard InChI is InChI=1S/C10H12O4/c1-2-13-8-3-5-9(6-4-8)14-7-10(11)12/h3-6H,2,7H2,1H3,(H,11,12)/p-1. The fraction of sp³-hybridized carbons (Fsp3) is 0.300. The summed E-state index contributed by atoms with van der Waals surface area (Å²) in [5, 5.41) is 10.1. The molecule has 4 heteroatoms. The molecule has 0 saturated carbocycles. The zero-order valence-corrected chi connectivity index (χ0v) is 7.86. The van der Waals surface area contributed by atoms with E-state index in [0.29, 0.717) is 12.4 Å². The molecule has 0 N–H and O–H groups in total. The van der Waals surface area contributed by atoms with Gasteiger partial charge in [-0.25, -0.2) is 0 Å². The van der Waals surface area contributed by atoms with Crippen LogP contribution in [0.15, 0.2) is 24.3 Å². The van der Waals surface area contributed by atoms with Crippen LogP contribution in [-0.2, 0) is 4.79 Å². The number of benzene rings is 1. The highest BCUT2D eigenvalue weighted by molar-refractivity contribution is 5.66. The molecule has 0 atom stereocenters. The fourth-order valence-corrected chi connectivity index (χ4v) is 0.941. The molecule has 1 aromatic carbocycles. The molecule has 0 spiro atoms. The van der Waals surface area contributed by atoms with Gasteiger partial charge in [0.05, 0.1) is 12.6 Å². The molecule has 0 aliphatic rings. The third-order valence-electron chi connectivity index (χ3n) is 1.49. The minimum Gasteiger partial charge on any atom is -0.546 e. The Labute approximate surface area is 82.1 Å². The first-order chi connectivity index (χ1) is 6.72. The Balaban J connectivity index is 2.50. The van der Waals surface area contributed by atoms with E-state index in [1.54, 1.807) is 24.3 Å². The lowest BCUT2D eigenvalue weighted by molar-refractivity contribution is -0.307. The van der Waals surface area contributed by atoms with Gasteiger partial charge in [-0.05, 0) is 31.2 Å². The van der Waals surface area contributed by atoms with E-state index in [1.807, 2.05) is 6.92 Å². The highest BCUT2D eigenvalue weighted by atomic mass is 16.5. The molecule has 0 aliphatic heterocycles. The molecule has 1 aromatic rings. The summed E-state index contributed by atoms with van der Waals surface area (Å²) < 4.78 is 10.1. The van der Waals surface area contributed by atoms with Crippen molar-refractivity contribution in [3.63, 3.8) is 0 Å². The maximum Gasteiger partial charge on any atom is 0.128 e. The van der Waals surface area contributed by atoms with Gasteiger partial charge >= 0.3 is 0 Å². The predicted octanol–water partition coefficient (Wildman–Crippen LogP) is 0.214. The van der Waals surface area contributed by atoms with Crippen LogP contribution in [0, 0.1) is 0 Å². The smallest absolute Gasteiger partial charge is 0.128 e. The topological polar surface area (TPSA) is 58.6 Å². The van der Waals surface area contributed by atoms with Gasteiger partial charge in [-0.3, -0.25) is 0 Å². The van der Waals surface area contributed by atoms with Crippen LogP contribution in [0.4, 0.5) is 0 Å². The molecule has 0 saturated heterocycles. The van der Waals surface area contributed by atoms with Gasteiger partial charge in [0.2, 0.25) is 0 Å². The number of carbonyl (C=O) groups is 1. The van der Waals surface area contributed by atoms with Gasteiger partial charge in [0.25, 0.3) is 0 Å². The Morgan fingerprint density at radius 1 is 1.21 bits per heavy atom. The second-order valence-electron chi connectivity index (χ2n) is 2.57. The normalized spacial score (nSPS) is 9.50. The van der Waals surface area contributed by atoms with Crippen LogP contribution < -0.4 is 14.6 Å². The fourth-order valence-electron chi connectivity index (χ4n) is 0.941. The first-order valence-electron chi connectivity index (χ1n) is 4.28. The summed E-state index contributed by atoms with van der Waals surface area (Å²) in [6.45, 7) is 2.05. The lowest BCUT2D eigenvalue weighted by atomic mass is 10.3. The number of carboxylic acids is 1. The van der Waals surface area contributed by atoms with Crippen molar-refractivity contribution in [3.05, 3.63) is 24.3 Å². The average molecular weight is 195 g/mol. The number of aliphatic carboxylic acids is 1. The van der Waals surface area contributed by atoms with Gasteiger partial charge < -0.3 is 19.4 Å². The van der Waals surface area contributed by atoms with E-state index in [-0.39, 0.29) is 0 Å². The van der Waals surface area contributed by atoms with Crippen molar-refractivity contribution in [2.24, 2.45) is 0 Å². The Morgan fingerprint density at radius 3 is 2.14 bits per heavy atom. The molecule has 0 amide bonds. The van der Waals surface area contributed by atoms with E-state index in [4.69, 9.17) is 9.47 Å². The summed E-state index contributed by atoms with van der Waals surface area (Å²) in [4.78, 5) is 10.1. The van der Waals surface area contributed by atoms with E-state index >= 15 is 0 Å². The molecular formula is C10H11O4-. The summed E-state index contributed by atoms with van der Waals surface area (Å²) in [6.07, 6.45) is 0. The number of carboxylic acid groups (broad SMARTS) is 1. The molecule has 0 heterocycles. The van der Waals surface area contributed by atoms with E-state index in [9.17, 15) is 9.90 Å². The highest BCUT2D eigenvalue weighted by Gasteiger charge is 1.95. The predicted molar refractivity (Wildman–Crippen MR) is 48.1 cm³/mol. The lowest BCUT2D eigenvalue weighted by Crippen LogP contribution is -2.28. The molecule has 0 fully saturated rings. The van der Waals surface area contributed by atoms with Gasteiger partial charge in [0, 0.05) is 0 Å². The molecule has 1 rings (SSSR count). The van der Waals surface area contributed by atoms with Gasteiger partial charge in [0.1, 0.15) is 18.1 Å². The zero-order valence-electron chi connectivity index (χ0n) is 7.86. The molecule has 0 radical (unpaired) electrons. The van der Waals surface area contributed by atoms with Gasteiger partial charge in [-0.1, -0.05) is 0 Å².